The number of hydrogen-bond donors (Lipinski definition) is 2. The van der Waals surface area contributed by atoms with E-state index in [4.69, 9.17) is 11.6 Å². The van der Waals surface area contributed by atoms with Crippen molar-refractivity contribution in [2.75, 3.05) is 6.54 Å². The molecule has 3 rings (SSSR count). The summed E-state index contributed by atoms with van der Waals surface area (Å²) < 4.78 is 0. The van der Waals surface area contributed by atoms with Crippen LogP contribution >= 0.6 is 11.6 Å². The third kappa shape index (κ3) is 1.83. The van der Waals surface area contributed by atoms with Crippen LogP contribution in [0.15, 0.2) is 24.4 Å². The Morgan fingerprint density at radius 1 is 1.38 bits per heavy atom. The van der Waals surface area contributed by atoms with Gasteiger partial charge in [-0.3, -0.25) is 0 Å². The average molecular weight is 235 g/mol. The molecule has 16 heavy (non-hydrogen) atoms. The third-order valence-corrected chi connectivity index (χ3v) is 3.70. The standard InChI is InChI=1S/C13H15ClN2/c14-12-7-9-3-5-16-13(9)8-10(12)6-11-2-1-4-15-11/h3,5,7-8,11,15-16H,1-2,4,6H2. The normalized spacial score (nSPS) is 20.7. The number of benzene rings is 1. The Balaban J connectivity index is 1.92. The Morgan fingerprint density at radius 3 is 3.12 bits per heavy atom. The molecule has 3 heteroatoms. The highest BCUT2D eigenvalue weighted by Crippen LogP contribution is 2.25. The van der Waals surface area contributed by atoms with Crippen molar-refractivity contribution in [1.82, 2.24) is 10.3 Å². The van der Waals surface area contributed by atoms with Crippen LogP contribution in [0.2, 0.25) is 5.02 Å². The SMILES string of the molecule is Clc1cc2cc[nH]c2cc1CC1CCCN1. The average Bonchev–Trinajstić information content (AvgIpc) is 2.89. The maximum atomic E-state index is 6.30. The van der Waals surface area contributed by atoms with Gasteiger partial charge in [0.15, 0.2) is 0 Å². The summed E-state index contributed by atoms with van der Waals surface area (Å²) in [5.41, 5.74) is 2.42. The van der Waals surface area contributed by atoms with Crippen molar-refractivity contribution in [1.29, 1.82) is 0 Å². The zero-order chi connectivity index (χ0) is 11.0. The van der Waals surface area contributed by atoms with Crippen LogP contribution in [-0.2, 0) is 6.42 Å². The molecule has 0 radical (unpaired) electrons. The molecule has 0 saturated carbocycles. The molecule has 2 aromatic rings. The van der Waals surface area contributed by atoms with Crippen LogP contribution in [0, 0.1) is 0 Å². The van der Waals surface area contributed by atoms with Crippen LogP contribution in [0.5, 0.6) is 0 Å². The molecule has 1 saturated heterocycles. The van der Waals surface area contributed by atoms with Gasteiger partial charge in [0.2, 0.25) is 0 Å². The predicted molar refractivity (Wildman–Crippen MR) is 68.0 cm³/mol. The third-order valence-electron chi connectivity index (χ3n) is 3.35. The van der Waals surface area contributed by atoms with E-state index >= 15 is 0 Å². The maximum absolute atomic E-state index is 6.30. The van der Waals surface area contributed by atoms with Gasteiger partial charge in [-0.15, -0.1) is 0 Å². The van der Waals surface area contributed by atoms with Crippen LogP contribution in [0.4, 0.5) is 0 Å². The highest BCUT2D eigenvalue weighted by Gasteiger charge is 2.16. The molecule has 1 atom stereocenters. The Kier molecular flexibility index (Phi) is 2.62. The lowest BCUT2D eigenvalue weighted by Crippen LogP contribution is -2.23. The Labute approximate surface area is 100.0 Å². The summed E-state index contributed by atoms with van der Waals surface area (Å²) in [6, 6.07) is 6.89. The van der Waals surface area contributed by atoms with Crippen molar-refractivity contribution in [3.8, 4) is 0 Å². The fourth-order valence-corrected chi connectivity index (χ4v) is 2.72. The number of fused-ring (bicyclic) bond motifs is 1. The minimum absolute atomic E-state index is 0.602. The van der Waals surface area contributed by atoms with Gasteiger partial charge in [-0.25, -0.2) is 0 Å². The zero-order valence-electron chi connectivity index (χ0n) is 9.09. The lowest BCUT2D eigenvalue weighted by molar-refractivity contribution is 0.603. The molecule has 1 aromatic carbocycles. The molecule has 2 nitrogen and oxygen atoms in total. The van der Waals surface area contributed by atoms with Crippen molar-refractivity contribution >= 4 is 22.5 Å². The topological polar surface area (TPSA) is 27.8 Å². The van der Waals surface area contributed by atoms with Crippen LogP contribution < -0.4 is 5.32 Å². The molecule has 84 valence electrons. The largest absolute Gasteiger partial charge is 0.361 e. The molecule has 1 fully saturated rings. The summed E-state index contributed by atoms with van der Waals surface area (Å²) in [4.78, 5) is 3.23. The number of aromatic amines is 1. The Bertz CT molecular complexity index is 498. The van der Waals surface area contributed by atoms with Gasteiger partial charge in [0.05, 0.1) is 0 Å². The van der Waals surface area contributed by atoms with Crippen LogP contribution in [0.25, 0.3) is 10.9 Å². The second kappa shape index (κ2) is 4.11. The van der Waals surface area contributed by atoms with Crippen molar-refractivity contribution in [3.05, 3.63) is 35.0 Å². The van der Waals surface area contributed by atoms with Gasteiger partial charge in [0.1, 0.15) is 0 Å². The molecule has 0 aliphatic carbocycles. The summed E-state index contributed by atoms with van der Waals surface area (Å²) in [6.07, 6.45) is 5.54. The molecule has 2 heterocycles. The minimum Gasteiger partial charge on any atom is -0.361 e. The van der Waals surface area contributed by atoms with E-state index in [0.717, 1.165) is 18.0 Å². The Morgan fingerprint density at radius 2 is 2.31 bits per heavy atom. The van der Waals surface area contributed by atoms with E-state index in [1.807, 2.05) is 6.20 Å². The number of aromatic nitrogens is 1. The first-order valence-corrected chi connectivity index (χ1v) is 6.19. The zero-order valence-corrected chi connectivity index (χ0v) is 9.85. The summed E-state index contributed by atoms with van der Waals surface area (Å²) >= 11 is 6.30. The van der Waals surface area contributed by atoms with Crippen molar-refractivity contribution in [2.24, 2.45) is 0 Å². The van der Waals surface area contributed by atoms with E-state index in [2.05, 4.69) is 28.5 Å². The van der Waals surface area contributed by atoms with Crippen molar-refractivity contribution < 1.29 is 0 Å². The molecular weight excluding hydrogens is 220 g/mol. The molecule has 1 aliphatic rings. The minimum atomic E-state index is 0.602. The first-order chi connectivity index (χ1) is 7.83. The molecule has 1 unspecified atom stereocenters. The van der Waals surface area contributed by atoms with E-state index in [1.165, 1.54) is 29.3 Å². The lowest BCUT2D eigenvalue weighted by Gasteiger charge is -2.11. The summed E-state index contributed by atoms with van der Waals surface area (Å²) in [5.74, 6) is 0. The maximum Gasteiger partial charge on any atom is 0.0457 e. The highest BCUT2D eigenvalue weighted by atomic mass is 35.5. The summed E-state index contributed by atoms with van der Waals surface area (Å²) in [6.45, 7) is 1.15. The summed E-state index contributed by atoms with van der Waals surface area (Å²) in [7, 11) is 0. The van der Waals surface area contributed by atoms with Gasteiger partial charge < -0.3 is 10.3 Å². The van der Waals surface area contributed by atoms with Crippen LogP contribution in [0.1, 0.15) is 18.4 Å². The van der Waals surface area contributed by atoms with Crippen molar-refractivity contribution in [3.63, 3.8) is 0 Å². The van der Waals surface area contributed by atoms with Gasteiger partial charge in [0.25, 0.3) is 0 Å². The van der Waals surface area contributed by atoms with Crippen LogP contribution in [0.3, 0.4) is 0 Å². The number of nitrogens with one attached hydrogen (secondary N) is 2. The van der Waals surface area contributed by atoms with Crippen molar-refractivity contribution in [2.45, 2.75) is 25.3 Å². The molecule has 0 spiro atoms. The van der Waals surface area contributed by atoms with Crippen LogP contribution in [-0.4, -0.2) is 17.6 Å². The fraction of sp³-hybridized carbons (Fsp3) is 0.385. The van der Waals surface area contributed by atoms with Gasteiger partial charge in [0, 0.05) is 28.2 Å². The quantitative estimate of drug-likeness (QED) is 0.821. The summed E-state index contributed by atoms with van der Waals surface area (Å²) in [5, 5.41) is 5.58. The first kappa shape index (κ1) is 10.2. The van der Waals surface area contributed by atoms with E-state index in [0.29, 0.717) is 6.04 Å². The molecule has 1 aromatic heterocycles. The molecule has 0 amide bonds. The van der Waals surface area contributed by atoms with E-state index < -0.39 is 0 Å². The highest BCUT2D eigenvalue weighted by molar-refractivity contribution is 6.32. The number of rotatable bonds is 2. The second-order valence-electron chi connectivity index (χ2n) is 4.51. The van der Waals surface area contributed by atoms with Gasteiger partial charge in [-0.2, -0.15) is 0 Å². The van der Waals surface area contributed by atoms with E-state index in [9.17, 15) is 0 Å². The van der Waals surface area contributed by atoms with E-state index in [1.54, 1.807) is 0 Å². The molecule has 2 N–H and O–H groups in total. The van der Waals surface area contributed by atoms with E-state index in [-0.39, 0.29) is 0 Å². The fourth-order valence-electron chi connectivity index (χ4n) is 2.47. The molecule has 0 bridgehead atoms. The lowest BCUT2D eigenvalue weighted by atomic mass is 10.0. The number of hydrogen-bond acceptors (Lipinski definition) is 1. The first-order valence-electron chi connectivity index (χ1n) is 5.82. The monoisotopic (exact) mass is 234 g/mol. The predicted octanol–water partition coefficient (Wildman–Crippen LogP) is 3.12. The molecule has 1 aliphatic heterocycles. The second-order valence-corrected chi connectivity index (χ2v) is 4.91. The Hall–Kier alpha value is -0.990. The molecular formula is C13H15ClN2. The van der Waals surface area contributed by atoms with Gasteiger partial charge >= 0.3 is 0 Å². The number of H-pyrrole nitrogens is 1. The van der Waals surface area contributed by atoms with Gasteiger partial charge in [-0.05, 0) is 49.6 Å². The van der Waals surface area contributed by atoms with Gasteiger partial charge in [-0.1, -0.05) is 11.6 Å². The smallest absolute Gasteiger partial charge is 0.0457 e. The number of halogens is 1.